The number of anilines is 1. The zero-order chi connectivity index (χ0) is 20.9. The molecule has 158 valence electrons. The average molecular weight is 410 g/mol. The lowest BCUT2D eigenvalue weighted by atomic mass is 10.0. The second kappa shape index (κ2) is 9.30. The lowest BCUT2D eigenvalue weighted by Crippen LogP contribution is -2.43. The third kappa shape index (κ3) is 4.49. The number of fused-ring (bicyclic) bond motifs is 1. The van der Waals surface area contributed by atoms with Crippen molar-refractivity contribution in [2.45, 2.75) is 32.4 Å². The summed E-state index contributed by atoms with van der Waals surface area (Å²) in [4.78, 5) is 7.23. The van der Waals surface area contributed by atoms with Crippen molar-refractivity contribution in [3.05, 3.63) is 59.9 Å². The summed E-state index contributed by atoms with van der Waals surface area (Å²) in [5.41, 5.74) is 1.94. The van der Waals surface area contributed by atoms with E-state index in [4.69, 9.17) is 14.5 Å². The van der Waals surface area contributed by atoms with Crippen LogP contribution in [0.15, 0.2) is 48.5 Å². The Kier molecular flexibility index (Phi) is 6.33. The maximum atomic E-state index is 13.6. The molecule has 0 spiro atoms. The Hall–Kier alpha value is -2.86. The molecule has 1 aliphatic rings. The SMILES string of the molecule is CCOc1cc(CN(c2ccc3cc(F)ccc3n2)C2CCNCC2)ccc1OC. The Morgan fingerprint density at radius 2 is 1.90 bits per heavy atom. The highest BCUT2D eigenvalue weighted by Crippen LogP contribution is 2.31. The van der Waals surface area contributed by atoms with Gasteiger partial charge in [0.05, 0.1) is 19.2 Å². The van der Waals surface area contributed by atoms with Gasteiger partial charge < -0.3 is 19.7 Å². The van der Waals surface area contributed by atoms with Crippen LogP contribution in [-0.4, -0.2) is 37.8 Å². The number of nitrogens with zero attached hydrogens (tertiary/aromatic N) is 2. The molecule has 0 unspecified atom stereocenters. The van der Waals surface area contributed by atoms with Gasteiger partial charge in [-0.3, -0.25) is 0 Å². The molecule has 5 nitrogen and oxygen atoms in total. The molecule has 1 saturated heterocycles. The van der Waals surface area contributed by atoms with Gasteiger partial charge in [0.1, 0.15) is 11.6 Å². The molecule has 30 heavy (non-hydrogen) atoms. The number of benzene rings is 2. The molecule has 0 amide bonds. The minimum atomic E-state index is -0.242. The summed E-state index contributed by atoms with van der Waals surface area (Å²) < 4.78 is 24.8. The van der Waals surface area contributed by atoms with Crippen LogP contribution in [0.2, 0.25) is 0 Å². The van der Waals surface area contributed by atoms with Crippen molar-refractivity contribution in [1.82, 2.24) is 10.3 Å². The van der Waals surface area contributed by atoms with Crippen LogP contribution >= 0.6 is 0 Å². The summed E-state index contributed by atoms with van der Waals surface area (Å²) >= 11 is 0. The fourth-order valence-corrected chi connectivity index (χ4v) is 4.05. The van der Waals surface area contributed by atoms with Crippen LogP contribution in [0, 0.1) is 5.82 Å². The van der Waals surface area contributed by atoms with Crippen molar-refractivity contribution in [2.24, 2.45) is 0 Å². The van der Waals surface area contributed by atoms with Crippen LogP contribution in [0.4, 0.5) is 10.2 Å². The fourth-order valence-electron chi connectivity index (χ4n) is 4.05. The van der Waals surface area contributed by atoms with Gasteiger partial charge in [-0.05, 0) is 80.9 Å². The number of pyridine rings is 1. The van der Waals surface area contributed by atoms with E-state index >= 15 is 0 Å². The quantitative estimate of drug-likeness (QED) is 0.621. The van der Waals surface area contributed by atoms with E-state index < -0.39 is 0 Å². The third-order valence-corrected chi connectivity index (χ3v) is 5.56. The minimum Gasteiger partial charge on any atom is -0.493 e. The van der Waals surface area contributed by atoms with E-state index in [1.807, 2.05) is 31.2 Å². The molecule has 1 N–H and O–H groups in total. The molecule has 2 heterocycles. The predicted octanol–water partition coefficient (Wildman–Crippen LogP) is 4.54. The Morgan fingerprint density at radius 3 is 2.67 bits per heavy atom. The van der Waals surface area contributed by atoms with Crippen molar-refractivity contribution >= 4 is 16.7 Å². The van der Waals surface area contributed by atoms with E-state index in [-0.39, 0.29) is 5.82 Å². The second-order valence-corrected chi connectivity index (χ2v) is 7.53. The highest BCUT2D eigenvalue weighted by Gasteiger charge is 2.23. The number of ether oxygens (including phenoxy) is 2. The largest absolute Gasteiger partial charge is 0.493 e. The number of aromatic nitrogens is 1. The van der Waals surface area contributed by atoms with Crippen LogP contribution in [-0.2, 0) is 6.54 Å². The molecule has 1 aromatic heterocycles. The number of piperidine rings is 1. The van der Waals surface area contributed by atoms with Gasteiger partial charge >= 0.3 is 0 Å². The molecule has 0 bridgehead atoms. The molecular formula is C24H28FN3O2. The van der Waals surface area contributed by atoms with E-state index in [9.17, 15) is 4.39 Å². The lowest BCUT2D eigenvalue weighted by Gasteiger charge is -2.36. The summed E-state index contributed by atoms with van der Waals surface area (Å²) in [6, 6.07) is 15.1. The molecule has 0 radical (unpaired) electrons. The molecule has 4 rings (SSSR count). The molecule has 0 saturated carbocycles. The summed E-state index contributed by atoms with van der Waals surface area (Å²) in [6.07, 6.45) is 2.11. The number of nitrogens with one attached hydrogen (secondary N) is 1. The summed E-state index contributed by atoms with van der Waals surface area (Å²) in [6.45, 7) is 5.25. The van der Waals surface area contributed by atoms with Gasteiger partial charge in [-0.2, -0.15) is 0 Å². The molecule has 0 aliphatic carbocycles. The number of methoxy groups -OCH3 is 1. The van der Waals surface area contributed by atoms with Crippen LogP contribution in [0.5, 0.6) is 11.5 Å². The average Bonchev–Trinajstić information content (AvgIpc) is 2.78. The molecule has 6 heteroatoms. The van der Waals surface area contributed by atoms with Crippen molar-refractivity contribution < 1.29 is 13.9 Å². The van der Waals surface area contributed by atoms with Crippen molar-refractivity contribution in [2.75, 3.05) is 31.7 Å². The Bertz CT molecular complexity index is 1000. The van der Waals surface area contributed by atoms with Gasteiger partial charge in [0.2, 0.25) is 0 Å². The van der Waals surface area contributed by atoms with Crippen LogP contribution in [0.1, 0.15) is 25.3 Å². The van der Waals surface area contributed by atoms with Crippen LogP contribution in [0.3, 0.4) is 0 Å². The Balaban J connectivity index is 1.68. The summed E-state index contributed by atoms with van der Waals surface area (Å²) in [7, 11) is 1.65. The molecule has 1 fully saturated rings. The maximum absolute atomic E-state index is 13.6. The zero-order valence-corrected chi connectivity index (χ0v) is 17.5. The molecular weight excluding hydrogens is 381 g/mol. The fraction of sp³-hybridized carbons (Fsp3) is 0.375. The monoisotopic (exact) mass is 409 g/mol. The molecule has 0 atom stereocenters. The van der Waals surface area contributed by atoms with E-state index in [2.05, 4.69) is 16.3 Å². The number of halogens is 1. The van der Waals surface area contributed by atoms with Gasteiger partial charge in [0, 0.05) is 18.0 Å². The van der Waals surface area contributed by atoms with E-state index in [1.165, 1.54) is 12.1 Å². The minimum absolute atomic E-state index is 0.242. The predicted molar refractivity (Wildman–Crippen MR) is 118 cm³/mol. The third-order valence-electron chi connectivity index (χ3n) is 5.56. The first-order chi connectivity index (χ1) is 14.7. The molecule has 3 aromatic rings. The maximum Gasteiger partial charge on any atom is 0.161 e. The number of hydrogen-bond donors (Lipinski definition) is 1. The first kappa shape index (κ1) is 20.4. The van der Waals surface area contributed by atoms with E-state index in [0.29, 0.717) is 19.2 Å². The number of rotatable bonds is 7. The Labute approximate surface area is 176 Å². The lowest BCUT2D eigenvalue weighted by molar-refractivity contribution is 0.310. The zero-order valence-electron chi connectivity index (χ0n) is 17.5. The topological polar surface area (TPSA) is 46.6 Å². The molecule has 2 aromatic carbocycles. The second-order valence-electron chi connectivity index (χ2n) is 7.53. The van der Waals surface area contributed by atoms with Crippen molar-refractivity contribution in [1.29, 1.82) is 0 Å². The molecule has 1 aliphatic heterocycles. The van der Waals surface area contributed by atoms with Gasteiger partial charge in [0.15, 0.2) is 11.5 Å². The van der Waals surface area contributed by atoms with Gasteiger partial charge in [-0.25, -0.2) is 9.37 Å². The smallest absolute Gasteiger partial charge is 0.161 e. The normalized spacial score (nSPS) is 14.6. The van der Waals surface area contributed by atoms with Gasteiger partial charge in [-0.1, -0.05) is 6.07 Å². The Morgan fingerprint density at radius 1 is 1.07 bits per heavy atom. The standard InChI is InChI=1S/C24H28FN3O2/c1-3-30-23-14-17(4-8-22(23)29-2)16-28(20-10-12-26-13-11-20)24-9-5-18-15-19(25)6-7-21(18)27-24/h4-9,14-15,20,26H,3,10-13,16H2,1-2H3. The van der Waals surface area contributed by atoms with Crippen molar-refractivity contribution in [3.8, 4) is 11.5 Å². The van der Waals surface area contributed by atoms with E-state index in [1.54, 1.807) is 13.2 Å². The van der Waals surface area contributed by atoms with Gasteiger partial charge in [-0.15, -0.1) is 0 Å². The van der Waals surface area contributed by atoms with Crippen LogP contribution < -0.4 is 19.7 Å². The first-order valence-electron chi connectivity index (χ1n) is 10.5. The summed E-state index contributed by atoms with van der Waals surface area (Å²) in [5.74, 6) is 2.16. The highest BCUT2D eigenvalue weighted by molar-refractivity contribution is 5.80. The van der Waals surface area contributed by atoms with Gasteiger partial charge in [0.25, 0.3) is 0 Å². The first-order valence-corrected chi connectivity index (χ1v) is 10.5. The van der Waals surface area contributed by atoms with Crippen LogP contribution in [0.25, 0.3) is 10.9 Å². The van der Waals surface area contributed by atoms with Crippen molar-refractivity contribution in [3.63, 3.8) is 0 Å². The highest BCUT2D eigenvalue weighted by atomic mass is 19.1. The number of hydrogen-bond acceptors (Lipinski definition) is 5. The summed E-state index contributed by atoms with van der Waals surface area (Å²) in [5, 5.41) is 4.25. The van der Waals surface area contributed by atoms with E-state index in [0.717, 1.165) is 59.7 Å².